The number of likely N-dealkylation sites (tertiary alicyclic amines) is 1. The Morgan fingerprint density at radius 1 is 1.30 bits per heavy atom. The summed E-state index contributed by atoms with van der Waals surface area (Å²) in [6, 6.07) is 5.32. The molecule has 1 aliphatic rings. The van der Waals surface area contributed by atoms with E-state index in [1.54, 1.807) is 43.4 Å². The van der Waals surface area contributed by atoms with Gasteiger partial charge in [0.2, 0.25) is 5.91 Å². The third-order valence-electron chi connectivity index (χ3n) is 3.92. The molecule has 0 aliphatic carbocycles. The van der Waals surface area contributed by atoms with Gasteiger partial charge in [-0.1, -0.05) is 0 Å². The van der Waals surface area contributed by atoms with Gasteiger partial charge in [-0.05, 0) is 37.1 Å². The maximum absolute atomic E-state index is 12.3. The SMILES string of the molecule is COc1ccc(OC)c(/C=C\C(=O)N2CCC[C@@H](C(=O)O)C2)c1. The lowest BCUT2D eigenvalue weighted by atomic mass is 9.98. The topological polar surface area (TPSA) is 76.1 Å². The minimum atomic E-state index is -0.846. The van der Waals surface area contributed by atoms with E-state index in [4.69, 9.17) is 14.6 Å². The van der Waals surface area contributed by atoms with Crippen molar-refractivity contribution in [3.63, 3.8) is 0 Å². The number of hydrogen-bond donors (Lipinski definition) is 1. The molecule has 124 valence electrons. The van der Waals surface area contributed by atoms with Crippen molar-refractivity contribution in [3.05, 3.63) is 29.8 Å². The van der Waals surface area contributed by atoms with Crippen LogP contribution in [-0.4, -0.2) is 49.2 Å². The average Bonchev–Trinajstić information content (AvgIpc) is 2.59. The lowest BCUT2D eigenvalue weighted by molar-refractivity contribution is -0.144. The highest BCUT2D eigenvalue weighted by Gasteiger charge is 2.27. The third kappa shape index (κ3) is 4.25. The van der Waals surface area contributed by atoms with Gasteiger partial charge in [0.15, 0.2) is 0 Å². The summed E-state index contributed by atoms with van der Waals surface area (Å²) in [5.74, 6) is -0.215. The minimum Gasteiger partial charge on any atom is -0.497 e. The quantitative estimate of drug-likeness (QED) is 0.841. The highest BCUT2D eigenvalue weighted by molar-refractivity contribution is 5.92. The number of carboxylic acids is 1. The van der Waals surface area contributed by atoms with Crippen LogP contribution in [0.25, 0.3) is 6.08 Å². The van der Waals surface area contributed by atoms with Crippen molar-refractivity contribution in [2.24, 2.45) is 5.92 Å². The maximum Gasteiger partial charge on any atom is 0.308 e. The van der Waals surface area contributed by atoms with Crippen molar-refractivity contribution in [3.8, 4) is 11.5 Å². The number of carbonyl (C=O) groups is 2. The van der Waals surface area contributed by atoms with Crippen LogP contribution in [0.1, 0.15) is 18.4 Å². The van der Waals surface area contributed by atoms with Gasteiger partial charge >= 0.3 is 5.97 Å². The van der Waals surface area contributed by atoms with Gasteiger partial charge in [-0.15, -0.1) is 0 Å². The van der Waals surface area contributed by atoms with Crippen LogP contribution in [0, 0.1) is 5.92 Å². The molecular formula is C17H21NO5. The Bertz CT molecular complexity index is 611. The van der Waals surface area contributed by atoms with E-state index in [1.165, 1.54) is 6.08 Å². The van der Waals surface area contributed by atoms with E-state index in [2.05, 4.69) is 0 Å². The van der Waals surface area contributed by atoms with Crippen molar-refractivity contribution >= 4 is 18.0 Å². The van der Waals surface area contributed by atoms with Crippen LogP contribution in [0.15, 0.2) is 24.3 Å². The van der Waals surface area contributed by atoms with Crippen molar-refractivity contribution in [1.82, 2.24) is 4.90 Å². The number of nitrogens with zero attached hydrogens (tertiary/aromatic N) is 1. The lowest BCUT2D eigenvalue weighted by Gasteiger charge is -2.29. The predicted octanol–water partition coefficient (Wildman–Crippen LogP) is 2.04. The first kappa shape index (κ1) is 16.9. The van der Waals surface area contributed by atoms with Gasteiger partial charge in [0, 0.05) is 24.7 Å². The Kier molecular flexibility index (Phi) is 5.62. The molecule has 1 aromatic rings. The van der Waals surface area contributed by atoms with Gasteiger partial charge < -0.3 is 19.5 Å². The fourth-order valence-electron chi connectivity index (χ4n) is 2.62. The Morgan fingerprint density at radius 3 is 2.74 bits per heavy atom. The van der Waals surface area contributed by atoms with Crippen molar-refractivity contribution < 1.29 is 24.2 Å². The molecule has 0 bridgehead atoms. The third-order valence-corrected chi connectivity index (χ3v) is 3.92. The molecule has 0 aromatic heterocycles. The fraction of sp³-hybridized carbons (Fsp3) is 0.412. The number of methoxy groups -OCH3 is 2. The second kappa shape index (κ2) is 7.67. The first-order valence-corrected chi connectivity index (χ1v) is 7.47. The summed E-state index contributed by atoms with van der Waals surface area (Å²) in [6.45, 7) is 0.843. The molecule has 1 heterocycles. The summed E-state index contributed by atoms with van der Waals surface area (Å²) in [5, 5.41) is 9.09. The molecule has 1 N–H and O–H groups in total. The zero-order chi connectivity index (χ0) is 16.8. The number of amides is 1. The smallest absolute Gasteiger partial charge is 0.308 e. The van der Waals surface area contributed by atoms with E-state index in [1.807, 2.05) is 0 Å². The van der Waals surface area contributed by atoms with E-state index in [9.17, 15) is 9.59 Å². The monoisotopic (exact) mass is 319 g/mol. The predicted molar refractivity (Wildman–Crippen MR) is 85.5 cm³/mol. The van der Waals surface area contributed by atoms with Gasteiger partial charge in [-0.3, -0.25) is 9.59 Å². The zero-order valence-electron chi connectivity index (χ0n) is 13.3. The van der Waals surface area contributed by atoms with Crippen molar-refractivity contribution in [2.45, 2.75) is 12.8 Å². The van der Waals surface area contributed by atoms with E-state index < -0.39 is 11.9 Å². The van der Waals surface area contributed by atoms with Crippen LogP contribution in [0.3, 0.4) is 0 Å². The molecule has 6 nitrogen and oxygen atoms in total. The summed E-state index contributed by atoms with van der Waals surface area (Å²) in [5.41, 5.74) is 0.729. The molecule has 6 heteroatoms. The number of hydrogen-bond acceptors (Lipinski definition) is 4. The highest BCUT2D eigenvalue weighted by atomic mass is 16.5. The molecule has 0 unspecified atom stereocenters. The van der Waals surface area contributed by atoms with Crippen LogP contribution < -0.4 is 9.47 Å². The van der Waals surface area contributed by atoms with Crippen molar-refractivity contribution in [1.29, 1.82) is 0 Å². The number of benzene rings is 1. The largest absolute Gasteiger partial charge is 0.497 e. The van der Waals surface area contributed by atoms with E-state index in [0.717, 1.165) is 5.56 Å². The van der Waals surface area contributed by atoms with Gasteiger partial charge in [-0.2, -0.15) is 0 Å². The average molecular weight is 319 g/mol. The van der Waals surface area contributed by atoms with Crippen molar-refractivity contribution in [2.75, 3.05) is 27.3 Å². The number of aliphatic carboxylic acids is 1. The first-order chi connectivity index (χ1) is 11.0. The highest BCUT2D eigenvalue weighted by Crippen LogP contribution is 2.25. The Labute approximate surface area is 135 Å². The van der Waals surface area contributed by atoms with E-state index in [-0.39, 0.29) is 12.5 Å². The molecular weight excluding hydrogens is 298 g/mol. The van der Waals surface area contributed by atoms with Gasteiger partial charge in [0.25, 0.3) is 0 Å². The van der Waals surface area contributed by atoms with E-state index in [0.29, 0.717) is 30.9 Å². The summed E-state index contributed by atoms with van der Waals surface area (Å²) >= 11 is 0. The van der Waals surface area contributed by atoms with Gasteiger partial charge in [0.05, 0.1) is 20.1 Å². The first-order valence-electron chi connectivity index (χ1n) is 7.47. The minimum absolute atomic E-state index is 0.194. The number of carboxylic acid groups (broad SMARTS) is 1. The second-order valence-electron chi connectivity index (χ2n) is 5.40. The van der Waals surface area contributed by atoms with Crippen LogP contribution in [0.4, 0.5) is 0 Å². The lowest BCUT2D eigenvalue weighted by Crippen LogP contribution is -2.41. The summed E-state index contributed by atoms with van der Waals surface area (Å²) in [4.78, 5) is 24.9. The van der Waals surface area contributed by atoms with Crippen LogP contribution >= 0.6 is 0 Å². The molecule has 1 atom stereocenters. The normalized spacial score (nSPS) is 18.0. The molecule has 1 aliphatic heterocycles. The molecule has 1 fully saturated rings. The summed E-state index contributed by atoms with van der Waals surface area (Å²) < 4.78 is 10.4. The van der Waals surface area contributed by atoms with Gasteiger partial charge in [-0.25, -0.2) is 0 Å². The molecule has 1 saturated heterocycles. The fourth-order valence-corrected chi connectivity index (χ4v) is 2.62. The number of rotatable bonds is 5. The Morgan fingerprint density at radius 2 is 2.09 bits per heavy atom. The molecule has 0 spiro atoms. The molecule has 1 amide bonds. The number of piperidine rings is 1. The molecule has 1 aromatic carbocycles. The van der Waals surface area contributed by atoms with Crippen LogP contribution in [0.2, 0.25) is 0 Å². The Hall–Kier alpha value is -2.50. The maximum atomic E-state index is 12.3. The summed E-state index contributed by atoms with van der Waals surface area (Å²) in [6.07, 6.45) is 4.43. The zero-order valence-corrected chi connectivity index (χ0v) is 13.3. The Balaban J connectivity index is 2.10. The number of ether oxygens (including phenoxy) is 2. The van der Waals surface area contributed by atoms with E-state index >= 15 is 0 Å². The molecule has 23 heavy (non-hydrogen) atoms. The van der Waals surface area contributed by atoms with Crippen LogP contribution in [0.5, 0.6) is 11.5 Å². The number of carbonyl (C=O) groups excluding carboxylic acids is 1. The standard InChI is InChI=1S/C17H21NO5/c1-22-14-6-7-15(23-2)12(10-14)5-8-16(19)18-9-3-4-13(11-18)17(20)21/h5-8,10,13H,3-4,9,11H2,1-2H3,(H,20,21)/b8-5-/t13-/m1/s1. The summed E-state index contributed by atoms with van der Waals surface area (Å²) in [7, 11) is 3.13. The second-order valence-corrected chi connectivity index (χ2v) is 5.40. The molecule has 0 saturated carbocycles. The molecule has 2 rings (SSSR count). The molecule has 0 radical (unpaired) electrons. The van der Waals surface area contributed by atoms with Gasteiger partial charge in [0.1, 0.15) is 11.5 Å². The van der Waals surface area contributed by atoms with Crippen LogP contribution in [-0.2, 0) is 9.59 Å².